The number of amides is 1. The lowest BCUT2D eigenvalue weighted by Gasteiger charge is -2.23. The largest absolute Gasteiger partial charge is 0.494 e. The van der Waals surface area contributed by atoms with Gasteiger partial charge in [0.15, 0.2) is 11.6 Å². The number of sulfonamides is 1. The molecule has 0 heterocycles. The number of anilines is 1. The average molecular weight is 478 g/mol. The summed E-state index contributed by atoms with van der Waals surface area (Å²) in [6, 6.07) is 8.32. The molecule has 0 unspecified atom stereocenters. The molecular formula is C20H22Cl2FNO5S. The second-order valence-electron chi connectivity index (χ2n) is 6.32. The molecule has 0 spiro atoms. The van der Waals surface area contributed by atoms with Gasteiger partial charge in [0.05, 0.1) is 30.2 Å². The number of carbonyl (C=O) groups excluding carboxylic acids is 1. The number of ether oxygens (including phenoxy) is 2. The molecule has 0 saturated carbocycles. The second-order valence-corrected chi connectivity index (χ2v) is 9.10. The minimum atomic E-state index is -3.96. The van der Waals surface area contributed by atoms with E-state index in [-0.39, 0.29) is 36.6 Å². The molecule has 10 heteroatoms. The Hall–Kier alpha value is -2.03. The van der Waals surface area contributed by atoms with E-state index in [0.717, 1.165) is 6.07 Å². The second kappa shape index (κ2) is 10.8. The summed E-state index contributed by atoms with van der Waals surface area (Å²) in [5.74, 6) is -1.34. The SMILES string of the molecule is CCCS(=O)(=O)N(C(=O)CCCOc1ccc(Cl)cc1Cl)c1ccc(OC)c(F)c1. The zero-order valence-corrected chi connectivity index (χ0v) is 18.9. The fourth-order valence-electron chi connectivity index (χ4n) is 2.69. The fourth-order valence-corrected chi connectivity index (χ4v) is 4.69. The van der Waals surface area contributed by atoms with E-state index in [1.165, 1.54) is 25.3 Å². The van der Waals surface area contributed by atoms with Gasteiger partial charge in [-0.3, -0.25) is 4.79 Å². The average Bonchev–Trinajstić information content (AvgIpc) is 2.66. The smallest absolute Gasteiger partial charge is 0.241 e. The van der Waals surface area contributed by atoms with Gasteiger partial charge < -0.3 is 9.47 Å². The topological polar surface area (TPSA) is 72.9 Å². The zero-order chi connectivity index (χ0) is 22.3. The highest BCUT2D eigenvalue weighted by molar-refractivity contribution is 7.93. The molecule has 0 bridgehead atoms. The Balaban J connectivity index is 2.12. The summed E-state index contributed by atoms with van der Waals surface area (Å²) < 4.78 is 50.4. The van der Waals surface area contributed by atoms with Crippen molar-refractivity contribution < 1.29 is 27.1 Å². The van der Waals surface area contributed by atoms with Crippen LogP contribution in [0.1, 0.15) is 26.2 Å². The molecule has 0 aromatic heterocycles. The van der Waals surface area contributed by atoms with E-state index in [2.05, 4.69) is 0 Å². The fraction of sp³-hybridized carbons (Fsp3) is 0.350. The lowest BCUT2D eigenvalue weighted by atomic mass is 10.2. The Morgan fingerprint density at radius 3 is 2.43 bits per heavy atom. The Morgan fingerprint density at radius 1 is 1.13 bits per heavy atom. The van der Waals surface area contributed by atoms with Crippen LogP contribution in [0, 0.1) is 5.82 Å². The number of halogens is 3. The summed E-state index contributed by atoms with van der Waals surface area (Å²) in [6.07, 6.45) is 0.416. The number of benzene rings is 2. The molecule has 0 fully saturated rings. The first-order valence-electron chi connectivity index (χ1n) is 9.16. The van der Waals surface area contributed by atoms with E-state index >= 15 is 0 Å². The highest BCUT2D eigenvalue weighted by atomic mass is 35.5. The first-order chi connectivity index (χ1) is 14.2. The quantitative estimate of drug-likeness (QED) is 0.446. The molecule has 0 aliphatic rings. The van der Waals surface area contributed by atoms with Crippen molar-refractivity contribution in [3.8, 4) is 11.5 Å². The molecule has 0 aliphatic heterocycles. The Morgan fingerprint density at radius 2 is 1.83 bits per heavy atom. The Bertz CT molecular complexity index is 1000. The van der Waals surface area contributed by atoms with Crippen LogP contribution in [0.5, 0.6) is 11.5 Å². The molecule has 30 heavy (non-hydrogen) atoms. The minimum absolute atomic E-state index is 0.0488. The summed E-state index contributed by atoms with van der Waals surface area (Å²) in [6.45, 7) is 1.81. The van der Waals surface area contributed by atoms with Gasteiger partial charge in [-0.05, 0) is 43.2 Å². The van der Waals surface area contributed by atoms with Gasteiger partial charge in [0.25, 0.3) is 0 Å². The van der Waals surface area contributed by atoms with Crippen LogP contribution in [0.3, 0.4) is 0 Å². The molecule has 6 nitrogen and oxygen atoms in total. The molecule has 1 amide bonds. The van der Waals surface area contributed by atoms with Gasteiger partial charge >= 0.3 is 0 Å². The molecule has 2 aromatic rings. The normalized spacial score (nSPS) is 11.2. The van der Waals surface area contributed by atoms with Crippen molar-refractivity contribution in [1.82, 2.24) is 0 Å². The van der Waals surface area contributed by atoms with Crippen molar-refractivity contribution in [3.05, 3.63) is 52.3 Å². The van der Waals surface area contributed by atoms with Crippen molar-refractivity contribution >= 4 is 44.8 Å². The number of hydrogen-bond acceptors (Lipinski definition) is 5. The van der Waals surface area contributed by atoms with Crippen molar-refractivity contribution in [2.24, 2.45) is 0 Å². The van der Waals surface area contributed by atoms with Crippen LogP contribution in [0.15, 0.2) is 36.4 Å². The standard InChI is InChI=1S/C20H22Cl2FNO5S/c1-3-11-30(26,27)24(15-7-9-19(28-2)17(23)13-15)20(25)5-4-10-29-18-8-6-14(21)12-16(18)22/h6-9,12-13H,3-5,10-11H2,1-2H3. The molecule has 2 rings (SSSR count). The van der Waals surface area contributed by atoms with Crippen LogP contribution in [0.25, 0.3) is 0 Å². The molecule has 0 aliphatic carbocycles. The van der Waals surface area contributed by atoms with Crippen LogP contribution in [-0.2, 0) is 14.8 Å². The van der Waals surface area contributed by atoms with Crippen molar-refractivity contribution in [2.75, 3.05) is 23.8 Å². The maximum absolute atomic E-state index is 14.1. The Kier molecular flexibility index (Phi) is 8.76. The van der Waals surface area contributed by atoms with E-state index in [1.54, 1.807) is 19.1 Å². The number of carbonyl (C=O) groups is 1. The third-order valence-corrected chi connectivity index (χ3v) is 6.45. The first kappa shape index (κ1) is 24.2. The first-order valence-corrected chi connectivity index (χ1v) is 11.5. The minimum Gasteiger partial charge on any atom is -0.494 e. The predicted octanol–water partition coefficient (Wildman–Crippen LogP) is 5.07. The van der Waals surface area contributed by atoms with E-state index in [4.69, 9.17) is 32.7 Å². The Labute approximate surface area is 185 Å². The van der Waals surface area contributed by atoms with Crippen molar-refractivity contribution in [3.63, 3.8) is 0 Å². The van der Waals surface area contributed by atoms with Gasteiger partial charge in [-0.1, -0.05) is 30.1 Å². The third-order valence-electron chi connectivity index (χ3n) is 4.02. The highest BCUT2D eigenvalue weighted by Crippen LogP contribution is 2.28. The van der Waals surface area contributed by atoms with Crippen LogP contribution in [-0.4, -0.2) is 33.8 Å². The van der Waals surface area contributed by atoms with Crippen molar-refractivity contribution in [2.45, 2.75) is 26.2 Å². The molecule has 0 N–H and O–H groups in total. The highest BCUT2D eigenvalue weighted by Gasteiger charge is 2.29. The van der Waals surface area contributed by atoms with Crippen molar-refractivity contribution in [1.29, 1.82) is 0 Å². The third kappa shape index (κ3) is 6.23. The molecule has 2 aromatic carbocycles. The molecule has 0 radical (unpaired) electrons. The number of hydrogen-bond donors (Lipinski definition) is 0. The van der Waals surface area contributed by atoms with Crippen LogP contribution >= 0.6 is 23.2 Å². The molecular weight excluding hydrogens is 456 g/mol. The van der Waals surface area contributed by atoms with Gasteiger partial charge in [-0.2, -0.15) is 0 Å². The van der Waals surface area contributed by atoms with Gasteiger partial charge in [0.1, 0.15) is 5.75 Å². The van der Waals surface area contributed by atoms with Crippen LogP contribution in [0.4, 0.5) is 10.1 Å². The zero-order valence-electron chi connectivity index (χ0n) is 16.5. The van der Waals surface area contributed by atoms with Gasteiger partial charge in [0, 0.05) is 17.5 Å². The van der Waals surface area contributed by atoms with Crippen LogP contribution in [0.2, 0.25) is 10.0 Å². The predicted molar refractivity (Wildman–Crippen MR) is 116 cm³/mol. The van der Waals surface area contributed by atoms with Gasteiger partial charge in [0.2, 0.25) is 15.9 Å². The lowest BCUT2D eigenvalue weighted by molar-refractivity contribution is -0.117. The maximum Gasteiger partial charge on any atom is 0.241 e. The number of rotatable bonds is 10. The van der Waals surface area contributed by atoms with E-state index < -0.39 is 21.7 Å². The summed E-state index contributed by atoms with van der Waals surface area (Å²) in [7, 11) is -2.67. The molecule has 164 valence electrons. The summed E-state index contributed by atoms with van der Waals surface area (Å²) in [5.41, 5.74) is -0.0755. The van der Waals surface area contributed by atoms with E-state index in [1.807, 2.05) is 0 Å². The van der Waals surface area contributed by atoms with Gasteiger partial charge in [-0.25, -0.2) is 17.1 Å². The number of nitrogens with zero attached hydrogens (tertiary/aromatic N) is 1. The van der Waals surface area contributed by atoms with E-state index in [9.17, 15) is 17.6 Å². The lowest BCUT2D eigenvalue weighted by Crippen LogP contribution is -2.38. The van der Waals surface area contributed by atoms with E-state index in [0.29, 0.717) is 26.5 Å². The van der Waals surface area contributed by atoms with Gasteiger partial charge in [-0.15, -0.1) is 0 Å². The molecule has 0 atom stereocenters. The summed E-state index contributed by atoms with van der Waals surface area (Å²) >= 11 is 11.9. The van der Waals surface area contributed by atoms with Crippen LogP contribution < -0.4 is 13.8 Å². The number of methoxy groups -OCH3 is 1. The maximum atomic E-state index is 14.1. The molecule has 0 saturated heterocycles. The summed E-state index contributed by atoms with van der Waals surface area (Å²) in [5, 5.41) is 0.792. The monoisotopic (exact) mass is 477 g/mol. The summed E-state index contributed by atoms with van der Waals surface area (Å²) in [4.78, 5) is 12.7.